The fourth-order valence-corrected chi connectivity index (χ4v) is 2.46. The molecule has 1 atom stereocenters. The van der Waals surface area contributed by atoms with E-state index in [9.17, 15) is 4.79 Å². The standard InChI is InChI=1S/C14H18ClNO2/c15-13-5-3-11(4-6-13)8-14(18)16-7-1-2-12(9-16)10-17/h3-6,12,17H,1-2,7-10H2. The highest BCUT2D eigenvalue weighted by Crippen LogP contribution is 2.17. The highest BCUT2D eigenvalue weighted by Gasteiger charge is 2.22. The number of carbonyl (C=O) groups excluding carboxylic acids is 1. The van der Waals surface area contributed by atoms with E-state index < -0.39 is 0 Å². The lowest BCUT2D eigenvalue weighted by Gasteiger charge is -2.32. The number of hydrogen-bond donors (Lipinski definition) is 1. The van der Waals surface area contributed by atoms with Crippen LogP contribution in [0, 0.1) is 5.92 Å². The van der Waals surface area contributed by atoms with Crippen LogP contribution >= 0.6 is 11.6 Å². The van der Waals surface area contributed by atoms with Crippen molar-refractivity contribution in [2.24, 2.45) is 5.92 Å². The molecule has 1 saturated heterocycles. The van der Waals surface area contributed by atoms with E-state index in [0.29, 0.717) is 18.0 Å². The Morgan fingerprint density at radius 3 is 2.78 bits per heavy atom. The summed E-state index contributed by atoms with van der Waals surface area (Å²) in [6.07, 6.45) is 2.41. The molecule has 1 fully saturated rings. The van der Waals surface area contributed by atoms with Crippen LogP contribution in [-0.4, -0.2) is 35.6 Å². The van der Waals surface area contributed by atoms with Gasteiger partial charge in [-0.05, 0) is 36.5 Å². The fraction of sp³-hybridized carbons (Fsp3) is 0.500. The first-order chi connectivity index (χ1) is 8.69. The van der Waals surface area contributed by atoms with Crippen molar-refractivity contribution < 1.29 is 9.90 Å². The summed E-state index contributed by atoms with van der Waals surface area (Å²) in [6, 6.07) is 7.37. The van der Waals surface area contributed by atoms with Crippen molar-refractivity contribution in [3.05, 3.63) is 34.9 Å². The van der Waals surface area contributed by atoms with E-state index in [-0.39, 0.29) is 18.4 Å². The van der Waals surface area contributed by atoms with Crippen molar-refractivity contribution in [2.75, 3.05) is 19.7 Å². The minimum atomic E-state index is 0.135. The summed E-state index contributed by atoms with van der Waals surface area (Å²) < 4.78 is 0. The minimum Gasteiger partial charge on any atom is -0.396 e. The van der Waals surface area contributed by atoms with Crippen LogP contribution in [0.1, 0.15) is 18.4 Å². The van der Waals surface area contributed by atoms with Gasteiger partial charge in [-0.1, -0.05) is 23.7 Å². The lowest BCUT2D eigenvalue weighted by atomic mass is 9.98. The van der Waals surface area contributed by atoms with E-state index >= 15 is 0 Å². The van der Waals surface area contributed by atoms with E-state index in [4.69, 9.17) is 16.7 Å². The molecular weight excluding hydrogens is 250 g/mol. The number of rotatable bonds is 3. The molecule has 0 spiro atoms. The van der Waals surface area contributed by atoms with Crippen LogP contribution in [0.25, 0.3) is 0 Å². The molecule has 3 nitrogen and oxygen atoms in total. The van der Waals surface area contributed by atoms with Gasteiger partial charge in [0.2, 0.25) is 5.91 Å². The maximum Gasteiger partial charge on any atom is 0.226 e. The average Bonchev–Trinajstić information content (AvgIpc) is 2.41. The smallest absolute Gasteiger partial charge is 0.226 e. The molecule has 1 aliphatic rings. The van der Waals surface area contributed by atoms with Crippen molar-refractivity contribution in [3.63, 3.8) is 0 Å². The van der Waals surface area contributed by atoms with Gasteiger partial charge in [0.05, 0.1) is 6.42 Å². The molecule has 1 aromatic rings. The van der Waals surface area contributed by atoms with Crippen LogP contribution in [0.4, 0.5) is 0 Å². The van der Waals surface area contributed by atoms with Crippen LogP contribution in [-0.2, 0) is 11.2 Å². The first kappa shape index (κ1) is 13.4. The summed E-state index contributed by atoms with van der Waals surface area (Å²) in [7, 11) is 0. The maximum absolute atomic E-state index is 12.1. The third kappa shape index (κ3) is 3.47. The van der Waals surface area contributed by atoms with Gasteiger partial charge in [0.1, 0.15) is 0 Å². The van der Waals surface area contributed by atoms with Gasteiger partial charge in [-0.15, -0.1) is 0 Å². The van der Waals surface area contributed by atoms with E-state index in [0.717, 1.165) is 24.9 Å². The summed E-state index contributed by atoms with van der Waals surface area (Å²) in [6.45, 7) is 1.66. The number of aliphatic hydroxyl groups is 1. The molecule has 1 heterocycles. The number of benzene rings is 1. The molecule has 0 aliphatic carbocycles. The van der Waals surface area contributed by atoms with Crippen molar-refractivity contribution in [2.45, 2.75) is 19.3 Å². The summed E-state index contributed by atoms with van der Waals surface area (Å²) in [5.41, 5.74) is 0.982. The first-order valence-electron chi connectivity index (χ1n) is 6.32. The Morgan fingerprint density at radius 2 is 2.11 bits per heavy atom. The molecule has 98 valence electrons. The van der Waals surface area contributed by atoms with Gasteiger partial charge in [-0.25, -0.2) is 0 Å². The molecule has 0 aromatic heterocycles. The second-order valence-electron chi connectivity index (χ2n) is 4.83. The molecule has 0 radical (unpaired) electrons. The van der Waals surface area contributed by atoms with Crippen LogP contribution < -0.4 is 0 Å². The molecule has 1 aliphatic heterocycles. The van der Waals surface area contributed by atoms with Crippen molar-refractivity contribution in [1.82, 2.24) is 4.90 Å². The minimum absolute atomic E-state index is 0.135. The molecule has 1 aromatic carbocycles. The van der Waals surface area contributed by atoms with E-state index in [1.165, 1.54) is 0 Å². The zero-order valence-corrected chi connectivity index (χ0v) is 11.1. The van der Waals surface area contributed by atoms with Gasteiger partial charge in [0.15, 0.2) is 0 Å². The highest BCUT2D eigenvalue weighted by atomic mass is 35.5. The Labute approximate surface area is 112 Å². The molecule has 1 unspecified atom stereocenters. The molecule has 0 bridgehead atoms. The lowest BCUT2D eigenvalue weighted by molar-refractivity contribution is -0.132. The maximum atomic E-state index is 12.1. The van der Waals surface area contributed by atoms with Gasteiger partial charge >= 0.3 is 0 Å². The Bertz CT molecular complexity index is 405. The monoisotopic (exact) mass is 267 g/mol. The number of amides is 1. The van der Waals surface area contributed by atoms with Gasteiger partial charge < -0.3 is 10.0 Å². The Morgan fingerprint density at radius 1 is 1.39 bits per heavy atom. The lowest BCUT2D eigenvalue weighted by Crippen LogP contribution is -2.41. The second-order valence-corrected chi connectivity index (χ2v) is 5.27. The molecule has 2 rings (SSSR count). The summed E-state index contributed by atoms with van der Waals surface area (Å²) in [5, 5.41) is 9.84. The molecule has 1 N–H and O–H groups in total. The number of hydrogen-bond acceptors (Lipinski definition) is 2. The molecule has 0 saturated carbocycles. The topological polar surface area (TPSA) is 40.5 Å². The SMILES string of the molecule is O=C(Cc1ccc(Cl)cc1)N1CCCC(CO)C1. The van der Waals surface area contributed by atoms with Gasteiger partial charge in [0, 0.05) is 24.7 Å². The van der Waals surface area contributed by atoms with Crippen LogP contribution in [0.2, 0.25) is 5.02 Å². The second kappa shape index (κ2) is 6.21. The summed E-state index contributed by atoms with van der Waals surface area (Å²) in [5.74, 6) is 0.378. The number of halogens is 1. The summed E-state index contributed by atoms with van der Waals surface area (Å²) >= 11 is 5.81. The summed E-state index contributed by atoms with van der Waals surface area (Å²) in [4.78, 5) is 14.0. The quantitative estimate of drug-likeness (QED) is 0.911. The van der Waals surface area contributed by atoms with Gasteiger partial charge in [0.25, 0.3) is 0 Å². The number of likely N-dealkylation sites (tertiary alicyclic amines) is 1. The van der Waals surface area contributed by atoms with Gasteiger partial charge in [-0.3, -0.25) is 4.79 Å². The Kier molecular flexibility index (Phi) is 4.61. The number of nitrogens with zero attached hydrogens (tertiary/aromatic N) is 1. The molecule has 4 heteroatoms. The van der Waals surface area contributed by atoms with Crippen LogP contribution in [0.3, 0.4) is 0 Å². The number of aliphatic hydroxyl groups excluding tert-OH is 1. The third-order valence-electron chi connectivity index (χ3n) is 3.40. The molecular formula is C14H18ClNO2. The zero-order chi connectivity index (χ0) is 13.0. The van der Waals surface area contributed by atoms with Crippen LogP contribution in [0.15, 0.2) is 24.3 Å². The highest BCUT2D eigenvalue weighted by molar-refractivity contribution is 6.30. The van der Waals surface area contributed by atoms with E-state index in [2.05, 4.69) is 0 Å². The molecule has 1 amide bonds. The fourth-order valence-electron chi connectivity index (χ4n) is 2.33. The molecule has 18 heavy (non-hydrogen) atoms. The number of carbonyl (C=O) groups is 1. The average molecular weight is 268 g/mol. The van der Waals surface area contributed by atoms with Crippen molar-refractivity contribution in [3.8, 4) is 0 Å². The normalized spacial score (nSPS) is 19.9. The third-order valence-corrected chi connectivity index (χ3v) is 3.65. The van der Waals surface area contributed by atoms with E-state index in [1.807, 2.05) is 17.0 Å². The predicted octanol–water partition coefficient (Wildman–Crippen LogP) is 2.11. The predicted molar refractivity (Wildman–Crippen MR) is 71.5 cm³/mol. The van der Waals surface area contributed by atoms with Gasteiger partial charge in [-0.2, -0.15) is 0 Å². The number of piperidine rings is 1. The van der Waals surface area contributed by atoms with Crippen LogP contribution in [0.5, 0.6) is 0 Å². The largest absolute Gasteiger partial charge is 0.396 e. The van der Waals surface area contributed by atoms with Crippen molar-refractivity contribution in [1.29, 1.82) is 0 Å². The Balaban J connectivity index is 1.93. The zero-order valence-electron chi connectivity index (χ0n) is 10.3. The van der Waals surface area contributed by atoms with E-state index in [1.54, 1.807) is 12.1 Å². The Hall–Kier alpha value is -1.06. The first-order valence-corrected chi connectivity index (χ1v) is 6.70. The van der Waals surface area contributed by atoms with Crippen molar-refractivity contribution >= 4 is 17.5 Å².